The van der Waals surface area contributed by atoms with Crippen LogP contribution < -0.4 is 5.32 Å². The molecule has 0 aliphatic heterocycles. The van der Waals surface area contributed by atoms with Crippen molar-refractivity contribution in [3.05, 3.63) is 16.5 Å². The van der Waals surface area contributed by atoms with Crippen LogP contribution in [0.3, 0.4) is 0 Å². The first-order valence-electron chi connectivity index (χ1n) is 4.75. The second kappa shape index (κ2) is 3.19. The van der Waals surface area contributed by atoms with E-state index in [-0.39, 0.29) is 0 Å². The van der Waals surface area contributed by atoms with Gasteiger partial charge in [0.05, 0.1) is 0 Å². The number of halogens is 1. The van der Waals surface area contributed by atoms with Gasteiger partial charge in [-0.15, -0.1) is 0 Å². The highest BCUT2D eigenvalue weighted by atomic mass is 79.9. The Balaban J connectivity index is 2.10. The van der Waals surface area contributed by atoms with Crippen LogP contribution in [-0.4, -0.2) is 16.0 Å². The highest BCUT2D eigenvalue weighted by Crippen LogP contribution is 2.46. The largest absolute Gasteiger partial charge is 0.367 e. The molecule has 14 heavy (non-hydrogen) atoms. The number of aryl methyl sites for hydroxylation is 1. The van der Waals surface area contributed by atoms with E-state index in [1.54, 1.807) is 0 Å². The Morgan fingerprint density at radius 1 is 1.50 bits per heavy atom. The molecule has 0 bridgehead atoms. The van der Waals surface area contributed by atoms with E-state index in [0.29, 0.717) is 11.5 Å². The molecule has 0 radical (unpaired) electrons. The average molecular weight is 256 g/mol. The van der Waals surface area contributed by atoms with E-state index in [9.17, 15) is 0 Å². The van der Waals surface area contributed by atoms with Crippen LogP contribution in [-0.2, 0) is 0 Å². The highest BCUT2D eigenvalue weighted by Gasteiger charge is 2.45. The first-order valence-corrected chi connectivity index (χ1v) is 5.54. The molecule has 4 heteroatoms. The molecule has 1 N–H and O–H groups in total. The molecule has 1 heterocycles. The van der Waals surface area contributed by atoms with Crippen LogP contribution in [0.1, 0.15) is 26.1 Å². The summed E-state index contributed by atoms with van der Waals surface area (Å²) in [6, 6.07) is 2.48. The molecule has 1 unspecified atom stereocenters. The van der Waals surface area contributed by atoms with Gasteiger partial charge in [0.2, 0.25) is 0 Å². The van der Waals surface area contributed by atoms with Crippen LogP contribution in [0, 0.1) is 12.3 Å². The molecule has 3 nitrogen and oxygen atoms in total. The lowest BCUT2D eigenvalue weighted by molar-refractivity contribution is 0.629. The van der Waals surface area contributed by atoms with Crippen molar-refractivity contribution in [2.24, 2.45) is 5.41 Å². The summed E-state index contributed by atoms with van der Waals surface area (Å²) < 4.78 is 0.839. The van der Waals surface area contributed by atoms with Crippen LogP contribution in [0.4, 0.5) is 5.82 Å². The second-order valence-corrected chi connectivity index (χ2v) is 5.33. The van der Waals surface area contributed by atoms with Gasteiger partial charge in [-0.05, 0) is 34.7 Å². The van der Waals surface area contributed by atoms with Crippen LogP contribution in [0.5, 0.6) is 0 Å². The molecule has 1 aliphatic rings. The third-order valence-corrected chi connectivity index (χ3v) is 3.05. The average Bonchev–Trinajstić information content (AvgIpc) is 2.55. The zero-order valence-corrected chi connectivity index (χ0v) is 10.2. The van der Waals surface area contributed by atoms with E-state index in [1.807, 2.05) is 13.0 Å². The van der Waals surface area contributed by atoms with E-state index in [4.69, 9.17) is 0 Å². The molecular weight excluding hydrogens is 242 g/mol. The summed E-state index contributed by atoms with van der Waals surface area (Å²) in [6.45, 7) is 6.41. The van der Waals surface area contributed by atoms with Gasteiger partial charge in [-0.1, -0.05) is 13.8 Å². The van der Waals surface area contributed by atoms with Gasteiger partial charge in [0.15, 0.2) is 0 Å². The number of rotatable bonds is 2. The molecule has 1 fully saturated rings. The third kappa shape index (κ3) is 2.05. The van der Waals surface area contributed by atoms with E-state index < -0.39 is 0 Å². The summed E-state index contributed by atoms with van der Waals surface area (Å²) in [4.78, 5) is 8.49. The lowest BCUT2D eigenvalue weighted by atomic mass is 10.2. The van der Waals surface area contributed by atoms with E-state index in [1.165, 1.54) is 6.42 Å². The minimum absolute atomic E-state index is 0.422. The SMILES string of the molecule is Cc1nc(Br)cc(NC2CC2(C)C)n1. The number of nitrogens with one attached hydrogen (secondary N) is 1. The predicted molar refractivity (Wildman–Crippen MR) is 60.3 cm³/mol. The van der Waals surface area contributed by atoms with Gasteiger partial charge < -0.3 is 5.32 Å². The van der Waals surface area contributed by atoms with Crippen molar-refractivity contribution in [1.29, 1.82) is 0 Å². The maximum absolute atomic E-state index is 4.33. The zero-order valence-electron chi connectivity index (χ0n) is 8.63. The van der Waals surface area contributed by atoms with Crippen molar-refractivity contribution in [2.45, 2.75) is 33.2 Å². The van der Waals surface area contributed by atoms with Crippen LogP contribution >= 0.6 is 15.9 Å². The summed E-state index contributed by atoms with van der Waals surface area (Å²) in [7, 11) is 0. The normalized spacial score (nSPS) is 23.3. The lowest BCUT2D eigenvalue weighted by Crippen LogP contribution is -2.10. The van der Waals surface area contributed by atoms with Crippen molar-refractivity contribution in [1.82, 2.24) is 9.97 Å². The van der Waals surface area contributed by atoms with Crippen LogP contribution in [0.15, 0.2) is 10.7 Å². The molecule has 1 saturated carbocycles. The summed E-state index contributed by atoms with van der Waals surface area (Å²) in [6.07, 6.45) is 1.22. The molecular formula is C10H14BrN3. The molecule has 1 aromatic heterocycles. The van der Waals surface area contributed by atoms with Crippen molar-refractivity contribution < 1.29 is 0 Å². The van der Waals surface area contributed by atoms with Gasteiger partial charge in [-0.3, -0.25) is 0 Å². The van der Waals surface area contributed by atoms with Crippen molar-refractivity contribution in [3.8, 4) is 0 Å². The molecule has 1 atom stereocenters. The topological polar surface area (TPSA) is 37.8 Å². The zero-order chi connectivity index (χ0) is 10.3. The fraction of sp³-hybridized carbons (Fsp3) is 0.600. The molecule has 0 saturated heterocycles. The third-order valence-electron chi connectivity index (χ3n) is 2.64. The molecule has 0 amide bonds. The van der Waals surface area contributed by atoms with Crippen molar-refractivity contribution >= 4 is 21.7 Å². The van der Waals surface area contributed by atoms with Gasteiger partial charge in [-0.25, -0.2) is 9.97 Å². The monoisotopic (exact) mass is 255 g/mol. The van der Waals surface area contributed by atoms with Gasteiger partial charge in [0, 0.05) is 12.1 Å². The van der Waals surface area contributed by atoms with Crippen LogP contribution in [0.25, 0.3) is 0 Å². The molecule has 1 aliphatic carbocycles. The van der Waals surface area contributed by atoms with Gasteiger partial charge >= 0.3 is 0 Å². The van der Waals surface area contributed by atoms with Crippen molar-refractivity contribution in [3.63, 3.8) is 0 Å². The quantitative estimate of drug-likeness (QED) is 0.827. The summed E-state index contributed by atoms with van der Waals surface area (Å²) in [5.41, 5.74) is 0.422. The Bertz CT molecular complexity index is 342. The number of aromatic nitrogens is 2. The first-order chi connectivity index (χ1) is 6.47. The Kier molecular flexibility index (Phi) is 2.26. The number of hydrogen-bond donors (Lipinski definition) is 1. The number of anilines is 1. The summed E-state index contributed by atoms with van der Waals surface area (Å²) in [5, 5.41) is 3.41. The minimum Gasteiger partial charge on any atom is -0.367 e. The maximum atomic E-state index is 4.33. The number of hydrogen-bond acceptors (Lipinski definition) is 3. The fourth-order valence-corrected chi connectivity index (χ4v) is 1.97. The summed E-state index contributed by atoms with van der Waals surface area (Å²) >= 11 is 3.36. The van der Waals surface area contributed by atoms with E-state index >= 15 is 0 Å². The van der Waals surface area contributed by atoms with Crippen LogP contribution in [0.2, 0.25) is 0 Å². The lowest BCUT2D eigenvalue weighted by Gasteiger charge is -2.07. The van der Waals surface area contributed by atoms with Crippen molar-refractivity contribution in [2.75, 3.05) is 5.32 Å². The number of nitrogens with zero attached hydrogens (tertiary/aromatic N) is 2. The molecule has 2 rings (SSSR count). The highest BCUT2D eigenvalue weighted by molar-refractivity contribution is 9.10. The molecule has 1 aromatic rings. The molecule has 0 spiro atoms. The van der Waals surface area contributed by atoms with Gasteiger partial charge in [0.1, 0.15) is 16.2 Å². The Morgan fingerprint density at radius 3 is 2.64 bits per heavy atom. The Hall–Kier alpha value is -0.640. The molecule has 76 valence electrons. The maximum Gasteiger partial charge on any atom is 0.131 e. The van der Waals surface area contributed by atoms with Gasteiger partial charge in [-0.2, -0.15) is 0 Å². The van der Waals surface area contributed by atoms with E-state index in [2.05, 4.69) is 45.1 Å². The fourth-order valence-electron chi connectivity index (χ4n) is 1.50. The van der Waals surface area contributed by atoms with Gasteiger partial charge in [0.25, 0.3) is 0 Å². The van der Waals surface area contributed by atoms with E-state index in [0.717, 1.165) is 16.2 Å². The first kappa shape index (κ1) is 9.90. The standard InChI is InChI=1S/C10H14BrN3/c1-6-12-8(11)4-9(13-6)14-7-5-10(7,2)3/h4,7H,5H2,1-3H3,(H,12,13,14). The predicted octanol–water partition coefficient (Wildman–Crippen LogP) is 2.76. The second-order valence-electron chi connectivity index (χ2n) is 4.51. The molecule has 0 aromatic carbocycles. The smallest absolute Gasteiger partial charge is 0.131 e. The Morgan fingerprint density at radius 2 is 2.14 bits per heavy atom. The Labute approximate surface area is 92.5 Å². The minimum atomic E-state index is 0.422. The summed E-state index contributed by atoms with van der Waals surface area (Å²) in [5.74, 6) is 1.71.